The molecule has 0 spiro atoms. The lowest BCUT2D eigenvalue weighted by Crippen LogP contribution is -2.14. The zero-order valence-corrected chi connectivity index (χ0v) is 15.8. The number of carbonyl (C=O) groups is 1. The Morgan fingerprint density at radius 1 is 1.08 bits per heavy atom. The van der Waals surface area contributed by atoms with Crippen molar-refractivity contribution >= 4 is 39.9 Å². The highest BCUT2D eigenvalue weighted by Crippen LogP contribution is 2.29. The van der Waals surface area contributed by atoms with Crippen LogP contribution in [0.1, 0.15) is 0 Å². The molecule has 0 heterocycles. The second-order valence-electron chi connectivity index (χ2n) is 4.84. The molecule has 2 aromatic rings. The quantitative estimate of drug-likeness (QED) is 0.399. The Kier molecular flexibility index (Phi) is 6.65. The molecule has 0 saturated carbocycles. The number of hydrogen-bond acceptors (Lipinski definition) is 5. The number of rotatable bonds is 6. The molecule has 0 fully saturated rings. The van der Waals surface area contributed by atoms with E-state index in [0.717, 1.165) is 9.26 Å². The van der Waals surface area contributed by atoms with Crippen LogP contribution in [0, 0.1) is 14.9 Å². The van der Waals surface area contributed by atoms with Crippen LogP contribution in [0.5, 0.6) is 11.5 Å². The summed E-state index contributed by atoms with van der Waals surface area (Å²) in [5.41, 5.74) is 1.23. The highest BCUT2D eigenvalue weighted by molar-refractivity contribution is 14.1. The standard InChI is InChI=1S/C18H16IN3O3/c1-24-16-8-7-15(9-17(16)25-2)22-18(23)12(10-20)11-21-14-5-3-13(19)4-6-14/h3-9,11,21H,1-2H3,(H,22,23)/b12-11-. The summed E-state index contributed by atoms with van der Waals surface area (Å²) >= 11 is 2.20. The first-order valence-corrected chi connectivity index (χ1v) is 8.31. The third-order valence-corrected chi connectivity index (χ3v) is 3.95. The van der Waals surface area contributed by atoms with Crippen molar-refractivity contribution in [2.24, 2.45) is 0 Å². The minimum absolute atomic E-state index is 0.0478. The van der Waals surface area contributed by atoms with Gasteiger partial charge in [0.05, 0.1) is 14.2 Å². The van der Waals surface area contributed by atoms with Crippen molar-refractivity contribution in [1.29, 1.82) is 5.26 Å². The highest BCUT2D eigenvalue weighted by atomic mass is 127. The number of benzene rings is 2. The van der Waals surface area contributed by atoms with Gasteiger partial charge < -0.3 is 20.1 Å². The Balaban J connectivity index is 2.10. The second kappa shape index (κ2) is 8.94. The van der Waals surface area contributed by atoms with E-state index in [1.54, 1.807) is 18.2 Å². The largest absolute Gasteiger partial charge is 0.493 e. The minimum Gasteiger partial charge on any atom is -0.493 e. The van der Waals surface area contributed by atoms with Crippen molar-refractivity contribution in [1.82, 2.24) is 0 Å². The van der Waals surface area contributed by atoms with E-state index in [0.29, 0.717) is 17.2 Å². The summed E-state index contributed by atoms with van der Waals surface area (Å²) in [6, 6.07) is 14.4. The molecular weight excluding hydrogens is 433 g/mol. The van der Waals surface area contributed by atoms with Gasteiger partial charge in [0, 0.05) is 27.2 Å². The van der Waals surface area contributed by atoms with Crippen LogP contribution in [0.25, 0.3) is 0 Å². The van der Waals surface area contributed by atoms with Crippen molar-refractivity contribution in [3.63, 3.8) is 0 Å². The average Bonchev–Trinajstić information content (AvgIpc) is 2.63. The summed E-state index contributed by atoms with van der Waals surface area (Å²) in [5, 5.41) is 14.8. The molecule has 0 aliphatic carbocycles. The lowest BCUT2D eigenvalue weighted by Gasteiger charge is -2.10. The summed E-state index contributed by atoms with van der Waals surface area (Å²) in [6.07, 6.45) is 1.37. The molecule has 128 valence electrons. The molecule has 0 aromatic heterocycles. The fraction of sp³-hybridized carbons (Fsp3) is 0.111. The molecule has 0 aliphatic rings. The number of nitrogens with zero attached hydrogens (tertiary/aromatic N) is 1. The highest BCUT2D eigenvalue weighted by Gasteiger charge is 2.11. The van der Waals surface area contributed by atoms with Gasteiger partial charge in [-0.25, -0.2) is 0 Å². The van der Waals surface area contributed by atoms with Crippen LogP contribution in [0.15, 0.2) is 54.2 Å². The SMILES string of the molecule is COc1ccc(NC(=O)/C(C#N)=C\Nc2ccc(I)cc2)cc1OC. The van der Waals surface area contributed by atoms with Crippen LogP contribution >= 0.6 is 22.6 Å². The summed E-state index contributed by atoms with van der Waals surface area (Å²) in [7, 11) is 3.04. The van der Waals surface area contributed by atoms with Gasteiger partial charge >= 0.3 is 0 Å². The molecule has 0 saturated heterocycles. The third kappa shape index (κ3) is 5.12. The van der Waals surface area contributed by atoms with E-state index >= 15 is 0 Å². The van der Waals surface area contributed by atoms with Gasteiger partial charge in [0.1, 0.15) is 11.6 Å². The van der Waals surface area contributed by atoms with Gasteiger partial charge in [0.2, 0.25) is 0 Å². The number of hydrogen-bond donors (Lipinski definition) is 2. The normalized spacial score (nSPS) is 10.6. The molecule has 2 rings (SSSR count). The Hall–Kier alpha value is -2.73. The molecule has 0 radical (unpaired) electrons. The number of amides is 1. The third-order valence-electron chi connectivity index (χ3n) is 3.23. The summed E-state index contributed by atoms with van der Waals surface area (Å²) in [4.78, 5) is 12.3. The number of ether oxygens (including phenoxy) is 2. The Morgan fingerprint density at radius 3 is 2.32 bits per heavy atom. The Labute approximate surface area is 159 Å². The van der Waals surface area contributed by atoms with Gasteiger partial charge in [-0.1, -0.05) is 0 Å². The van der Waals surface area contributed by atoms with E-state index < -0.39 is 5.91 Å². The van der Waals surface area contributed by atoms with E-state index in [2.05, 4.69) is 33.2 Å². The molecular formula is C18H16IN3O3. The van der Waals surface area contributed by atoms with E-state index in [1.165, 1.54) is 20.4 Å². The zero-order chi connectivity index (χ0) is 18.2. The lowest BCUT2D eigenvalue weighted by molar-refractivity contribution is -0.112. The molecule has 1 amide bonds. The summed E-state index contributed by atoms with van der Waals surface area (Å²) in [5.74, 6) is 0.518. The first kappa shape index (κ1) is 18.6. The lowest BCUT2D eigenvalue weighted by atomic mass is 10.2. The number of nitriles is 1. The van der Waals surface area contributed by atoms with Gasteiger partial charge in [0.25, 0.3) is 5.91 Å². The molecule has 25 heavy (non-hydrogen) atoms. The van der Waals surface area contributed by atoms with E-state index in [-0.39, 0.29) is 5.57 Å². The van der Waals surface area contributed by atoms with E-state index in [4.69, 9.17) is 9.47 Å². The van der Waals surface area contributed by atoms with Gasteiger partial charge in [-0.05, 0) is 59.0 Å². The first-order chi connectivity index (χ1) is 12.1. The Bertz CT molecular complexity index is 826. The number of halogens is 1. The summed E-state index contributed by atoms with van der Waals surface area (Å²) in [6.45, 7) is 0. The van der Waals surface area contributed by atoms with Gasteiger partial charge in [-0.3, -0.25) is 4.79 Å². The maximum Gasteiger partial charge on any atom is 0.267 e. The number of carbonyl (C=O) groups excluding carboxylic acids is 1. The monoisotopic (exact) mass is 449 g/mol. The van der Waals surface area contributed by atoms with Crippen LogP contribution in [0.3, 0.4) is 0 Å². The molecule has 0 bridgehead atoms. The van der Waals surface area contributed by atoms with Crippen LogP contribution < -0.4 is 20.1 Å². The molecule has 2 aromatic carbocycles. The smallest absolute Gasteiger partial charge is 0.267 e. The van der Waals surface area contributed by atoms with Crippen molar-refractivity contribution in [3.05, 3.63) is 57.8 Å². The van der Waals surface area contributed by atoms with E-state index in [1.807, 2.05) is 30.3 Å². The van der Waals surface area contributed by atoms with Gasteiger partial charge in [-0.15, -0.1) is 0 Å². The van der Waals surface area contributed by atoms with Crippen molar-refractivity contribution in [2.45, 2.75) is 0 Å². The summed E-state index contributed by atoms with van der Waals surface area (Å²) < 4.78 is 11.4. The maximum absolute atomic E-state index is 12.3. The van der Waals surface area contributed by atoms with E-state index in [9.17, 15) is 10.1 Å². The second-order valence-corrected chi connectivity index (χ2v) is 6.09. The van der Waals surface area contributed by atoms with Crippen LogP contribution in [0.2, 0.25) is 0 Å². The van der Waals surface area contributed by atoms with Crippen molar-refractivity contribution < 1.29 is 14.3 Å². The molecule has 0 aliphatic heterocycles. The first-order valence-electron chi connectivity index (χ1n) is 7.23. The van der Waals surface area contributed by atoms with Crippen molar-refractivity contribution in [3.8, 4) is 17.6 Å². The maximum atomic E-state index is 12.3. The van der Waals surface area contributed by atoms with Gasteiger partial charge in [0.15, 0.2) is 11.5 Å². The Morgan fingerprint density at radius 2 is 1.72 bits per heavy atom. The molecule has 0 unspecified atom stereocenters. The predicted octanol–water partition coefficient (Wildman–Crippen LogP) is 3.77. The van der Waals surface area contributed by atoms with Crippen LogP contribution in [-0.4, -0.2) is 20.1 Å². The van der Waals surface area contributed by atoms with Crippen LogP contribution in [-0.2, 0) is 4.79 Å². The molecule has 7 heteroatoms. The number of anilines is 2. The minimum atomic E-state index is -0.521. The predicted molar refractivity (Wildman–Crippen MR) is 105 cm³/mol. The fourth-order valence-corrected chi connectivity index (χ4v) is 2.32. The fourth-order valence-electron chi connectivity index (χ4n) is 1.96. The average molecular weight is 449 g/mol. The molecule has 6 nitrogen and oxygen atoms in total. The van der Waals surface area contributed by atoms with Crippen LogP contribution in [0.4, 0.5) is 11.4 Å². The zero-order valence-electron chi connectivity index (χ0n) is 13.7. The number of nitrogens with one attached hydrogen (secondary N) is 2. The topological polar surface area (TPSA) is 83.4 Å². The van der Waals surface area contributed by atoms with Crippen molar-refractivity contribution in [2.75, 3.05) is 24.9 Å². The van der Waals surface area contributed by atoms with Gasteiger partial charge in [-0.2, -0.15) is 5.26 Å². The molecule has 2 N–H and O–H groups in total. The number of methoxy groups -OCH3 is 2. The molecule has 0 atom stereocenters.